The number of nitrogen functional groups attached to an aromatic ring is 1. The molecule has 0 bridgehead atoms. The van der Waals surface area contributed by atoms with E-state index in [2.05, 4.69) is 20.6 Å². The Kier molecular flexibility index (Phi) is 4.95. The standard InChI is InChI=1S/C22H21FN6/c1-14-22(29(2)28-27-14)16-8-11-18(24)20(13-16)26-21(19-5-3-4-12-25-19)15-6-9-17(23)10-7-15/h3-13,21,26H,24H2,1-2H3. The molecule has 0 radical (unpaired) electrons. The third kappa shape index (κ3) is 3.80. The van der Waals surface area contributed by atoms with E-state index in [1.165, 1.54) is 12.1 Å². The Labute approximate surface area is 168 Å². The number of hydrogen-bond donors (Lipinski definition) is 2. The van der Waals surface area contributed by atoms with E-state index in [1.54, 1.807) is 23.0 Å². The summed E-state index contributed by atoms with van der Waals surface area (Å²) in [5.41, 5.74) is 12.0. The average molecular weight is 388 g/mol. The number of benzene rings is 2. The quantitative estimate of drug-likeness (QED) is 0.503. The van der Waals surface area contributed by atoms with E-state index in [0.717, 1.165) is 33.9 Å². The van der Waals surface area contributed by atoms with Gasteiger partial charge in [0.2, 0.25) is 0 Å². The Morgan fingerprint density at radius 2 is 1.86 bits per heavy atom. The number of pyridine rings is 1. The van der Waals surface area contributed by atoms with Crippen LogP contribution in [0, 0.1) is 12.7 Å². The lowest BCUT2D eigenvalue weighted by Crippen LogP contribution is -2.15. The second kappa shape index (κ2) is 7.71. The van der Waals surface area contributed by atoms with Crippen LogP contribution in [0.25, 0.3) is 11.3 Å². The van der Waals surface area contributed by atoms with E-state index < -0.39 is 0 Å². The van der Waals surface area contributed by atoms with E-state index in [-0.39, 0.29) is 11.9 Å². The lowest BCUT2D eigenvalue weighted by Gasteiger charge is -2.22. The molecule has 29 heavy (non-hydrogen) atoms. The van der Waals surface area contributed by atoms with Crippen molar-refractivity contribution < 1.29 is 4.39 Å². The van der Waals surface area contributed by atoms with Gasteiger partial charge in [0.1, 0.15) is 5.82 Å². The van der Waals surface area contributed by atoms with Crippen molar-refractivity contribution in [1.29, 1.82) is 0 Å². The first-order valence-corrected chi connectivity index (χ1v) is 9.22. The molecule has 0 saturated heterocycles. The number of aryl methyl sites for hydroxylation is 2. The zero-order valence-corrected chi connectivity index (χ0v) is 16.2. The van der Waals surface area contributed by atoms with Gasteiger partial charge in [-0.15, -0.1) is 5.10 Å². The van der Waals surface area contributed by atoms with Crippen molar-refractivity contribution in [3.63, 3.8) is 0 Å². The van der Waals surface area contributed by atoms with Crippen LogP contribution >= 0.6 is 0 Å². The lowest BCUT2D eigenvalue weighted by molar-refractivity contribution is 0.626. The molecule has 0 spiro atoms. The minimum Gasteiger partial charge on any atom is -0.397 e. The van der Waals surface area contributed by atoms with Gasteiger partial charge in [-0.3, -0.25) is 4.98 Å². The molecular formula is C22H21FN6. The number of hydrogen-bond acceptors (Lipinski definition) is 5. The monoisotopic (exact) mass is 388 g/mol. The van der Waals surface area contributed by atoms with Crippen LogP contribution in [-0.2, 0) is 7.05 Å². The number of anilines is 2. The largest absolute Gasteiger partial charge is 0.397 e. The molecule has 3 N–H and O–H groups in total. The van der Waals surface area contributed by atoms with Crippen LogP contribution in [0.5, 0.6) is 0 Å². The average Bonchev–Trinajstić information content (AvgIpc) is 3.07. The van der Waals surface area contributed by atoms with Crippen LogP contribution in [0.2, 0.25) is 0 Å². The summed E-state index contributed by atoms with van der Waals surface area (Å²) in [7, 11) is 1.86. The highest BCUT2D eigenvalue weighted by Gasteiger charge is 2.18. The molecule has 0 saturated carbocycles. The van der Waals surface area contributed by atoms with Crippen LogP contribution in [-0.4, -0.2) is 20.0 Å². The van der Waals surface area contributed by atoms with Crippen LogP contribution in [0.1, 0.15) is 23.0 Å². The molecule has 2 heterocycles. The second-order valence-corrected chi connectivity index (χ2v) is 6.83. The maximum atomic E-state index is 13.5. The molecule has 0 fully saturated rings. The van der Waals surface area contributed by atoms with E-state index in [1.807, 2.05) is 50.4 Å². The zero-order valence-electron chi connectivity index (χ0n) is 16.2. The normalized spacial score (nSPS) is 12.0. The Balaban J connectivity index is 1.76. The molecule has 0 amide bonds. The van der Waals surface area contributed by atoms with Gasteiger partial charge in [-0.25, -0.2) is 9.07 Å². The highest BCUT2D eigenvalue weighted by molar-refractivity contribution is 5.76. The fourth-order valence-electron chi connectivity index (χ4n) is 3.37. The summed E-state index contributed by atoms with van der Waals surface area (Å²) >= 11 is 0. The van der Waals surface area contributed by atoms with Crippen molar-refractivity contribution in [2.45, 2.75) is 13.0 Å². The van der Waals surface area contributed by atoms with Gasteiger partial charge in [-0.2, -0.15) is 0 Å². The molecule has 1 unspecified atom stereocenters. The third-order valence-electron chi connectivity index (χ3n) is 4.81. The fourth-order valence-corrected chi connectivity index (χ4v) is 3.37. The molecule has 0 aliphatic heterocycles. The summed E-state index contributed by atoms with van der Waals surface area (Å²) in [5, 5.41) is 11.7. The van der Waals surface area contributed by atoms with E-state index >= 15 is 0 Å². The Bertz CT molecular complexity index is 1100. The maximum absolute atomic E-state index is 13.5. The van der Waals surface area contributed by atoms with E-state index in [4.69, 9.17) is 5.73 Å². The van der Waals surface area contributed by atoms with Crippen molar-refractivity contribution >= 4 is 11.4 Å². The second-order valence-electron chi connectivity index (χ2n) is 6.83. The van der Waals surface area contributed by atoms with Crippen molar-refractivity contribution in [3.8, 4) is 11.3 Å². The van der Waals surface area contributed by atoms with Crippen LogP contribution in [0.4, 0.5) is 15.8 Å². The van der Waals surface area contributed by atoms with Crippen molar-refractivity contribution in [2.75, 3.05) is 11.1 Å². The Morgan fingerprint density at radius 3 is 2.52 bits per heavy atom. The fraction of sp³-hybridized carbons (Fsp3) is 0.136. The number of aromatic nitrogens is 4. The molecule has 1 atom stereocenters. The molecule has 0 aliphatic rings. The van der Waals surface area contributed by atoms with Crippen molar-refractivity contribution in [1.82, 2.24) is 20.0 Å². The first-order chi connectivity index (χ1) is 14.0. The van der Waals surface area contributed by atoms with Crippen LogP contribution < -0.4 is 11.1 Å². The molecule has 2 aromatic carbocycles. The van der Waals surface area contributed by atoms with Gasteiger partial charge in [0.05, 0.1) is 34.5 Å². The summed E-state index contributed by atoms with van der Waals surface area (Å²) in [6, 6.07) is 17.6. The minimum absolute atomic E-state index is 0.283. The van der Waals surface area contributed by atoms with Crippen molar-refractivity contribution in [3.05, 3.63) is 89.6 Å². The first kappa shape index (κ1) is 18.6. The molecule has 146 valence electrons. The van der Waals surface area contributed by atoms with Gasteiger partial charge in [-0.1, -0.05) is 29.5 Å². The van der Waals surface area contributed by atoms with Gasteiger partial charge >= 0.3 is 0 Å². The SMILES string of the molecule is Cc1nnn(C)c1-c1ccc(N)c(NC(c2ccc(F)cc2)c2ccccn2)c1. The molecule has 4 rings (SSSR count). The first-order valence-electron chi connectivity index (χ1n) is 9.22. The maximum Gasteiger partial charge on any atom is 0.123 e. The number of nitrogens with two attached hydrogens (primary N) is 1. The number of rotatable bonds is 5. The van der Waals surface area contributed by atoms with Gasteiger partial charge in [0.15, 0.2) is 0 Å². The van der Waals surface area contributed by atoms with E-state index in [9.17, 15) is 4.39 Å². The van der Waals surface area contributed by atoms with Gasteiger partial charge in [-0.05, 0) is 48.9 Å². The van der Waals surface area contributed by atoms with Crippen LogP contribution in [0.15, 0.2) is 66.9 Å². The van der Waals surface area contributed by atoms with E-state index in [0.29, 0.717) is 5.69 Å². The molecule has 0 aliphatic carbocycles. The minimum atomic E-state index is -0.292. The molecule has 7 heteroatoms. The Hall–Kier alpha value is -3.74. The van der Waals surface area contributed by atoms with Crippen molar-refractivity contribution in [2.24, 2.45) is 7.05 Å². The predicted molar refractivity (Wildman–Crippen MR) is 112 cm³/mol. The summed E-state index contributed by atoms with van der Waals surface area (Å²) in [6.45, 7) is 1.92. The van der Waals surface area contributed by atoms with Gasteiger partial charge < -0.3 is 11.1 Å². The Morgan fingerprint density at radius 1 is 1.07 bits per heavy atom. The predicted octanol–water partition coefficient (Wildman–Crippen LogP) is 4.11. The smallest absolute Gasteiger partial charge is 0.123 e. The lowest BCUT2D eigenvalue weighted by atomic mass is 10.0. The van der Waals surface area contributed by atoms with Crippen LogP contribution in [0.3, 0.4) is 0 Å². The van der Waals surface area contributed by atoms with Gasteiger partial charge in [0, 0.05) is 18.8 Å². The molecular weight excluding hydrogens is 367 g/mol. The molecule has 2 aromatic heterocycles. The number of halogens is 1. The molecule has 6 nitrogen and oxygen atoms in total. The summed E-state index contributed by atoms with van der Waals surface area (Å²) < 4.78 is 15.2. The third-order valence-corrected chi connectivity index (χ3v) is 4.81. The van der Waals surface area contributed by atoms with Gasteiger partial charge in [0.25, 0.3) is 0 Å². The summed E-state index contributed by atoms with van der Waals surface area (Å²) in [4.78, 5) is 4.48. The summed E-state index contributed by atoms with van der Waals surface area (Å²) in [5.74, 6) is -0.283. The summed E-state index contributed by atoms with van der Waals surface area (Å²) in [6.07, 6.45) is 1.73. The topological polar surface area (TPSA) is 81.7 Å². The molecule has 4 aromatic rings. The highest BCUT2D eigenvalue weighted by Crippen LogP contribution is 2.32. The number of nitrogens with one attached hydrogen (secondary N) is 1. The zero-order chi connectivity index (χ0) is 20.4. The highest BCUT2D eigenvalue weighted by atomic mass is 19.1. The number of nitrogens with zero attached hydrogens (tertiary/aromatic N) is 4.